The Morgan fingerprint density at radius 1 is 0.861 bits per heavy atom. The summed E-state index contributed by atoms with van der Waals surface area (Å²) in [5.74, 6) is -1.21. The Hall–Kier alpha value is -4.45. The minimum atomic E-state index is -1.53. The van der Waals surface area contributed by atoms with Gasteiger partial charge >= 0.3 is 12.0 Å². The van der Waals surface area contributed by atoms with Gasteiger partial charge in [-0.3, -0.25) is 0 Å². The van der Waals surface area contributed by atoms with E-state index in [1.807, 2.05) is 111 Å². The van der Waals surface area contributed by atoms with Crippen molar-refractivity contribution >= 4 is 5.97 Å². The number of hydrogen-bond acceptors (Lipinski definition) is 5. The third kappa shape index (κ3) is 5.61. The van der Waals surface area contributed by atoms with Crippen molar-refractivity contribution in [1.29, 1.82) is 0 Å². The highest BCUT2D eigenvalue weighted by Gasteiger charge is 2.51. The van der Waals surface area contributed by atoms with Gasteiger partial charge in [0.1, 0.15) is 0 Å². The third-order valence-corrected chi connectivity index (χ3v) is 5.73. The fraction of sp³-hybridized carbons (Fsp3) is 0.167. The van der Waals surface area contributed by atoms with Crippen LogP contribution >= 0.6 is 0 Å². The number of aliphatic carboxylic acids is 1. The molecule has 1 N–H and O–H groups in total. The van der Waals surface area contributed by atoms with E-state index in [9.17, 15) is 9.90 Å². The first-order valence-electron chi connectivity index (χ1n) is 11.7. The monoisotopic (exact) mass is 480 g/mol. The average Bonchev–Trinajstić information content (AvgIpc) is 2.89. The summed E-state index contributed by atoms with van der Waals surface area (Å²) in [7, 11) is 0. The second kappa shape index (κ2) is 11.3. The van der Waals surface area contributed by atoms with Gasteiger partial charge in [-0.05, 0) is 38.0 Å². The Balaban J connectivity index is 1.83. The zero-order chi connectivity index (χ0) is 25.4. The smallest absolute Gasteiger partial charge is 0.350 e. The topological polar surface area (TPSA) is 81.5 Å². The van der Waals surface area contributed by atoms with E-state index in [1.54, 1.807) is 12.3 Å². The van der Waals surface area contributed by atoms with Gasteiger partial charge in [0.25, 0.3) is 0 Å². The number of hydrogen-bond donors (Lipinski definition) is 1. The van der Waals surface area contributed by atoms with Crippen molar-refractivity contribution in [1.82, 2.24) is 9.97 Å². The minimum absolute atomic E-state index is 0.0204. The Morgan fingerprint density at radius 3 is 1.86 bits per heavy atom. The van der Waals surface area contributed by atoms with Crippen LogP contribution in [0, 0.1) is 13.8 Å². The number of carboxylic acids is 1. The van der Waals surface area contributed by atoms with Gasteiger partial charge in [0, 0.05) is 22.5 Å². The molecule has 0 saturated heterocycles. The van der Waals surface area contributed by atoms with Gasteiger partial charge in [-0.2, -0.15) is 0 Å². The molecule has 4 aromatic rings. The Kier molecular flexibility index (Phi) is 7.75. The molecule has 0 saturated carbocycles. The summed E-state index contributed by atoms with van der Waals surface area (Å²) in [6.07, 6.45) is 2.54. The van der Waals surface area contributed by atoms with Crippen molar-refractivity contribution in [2.24, 2.45) is 0 Å². The molecular weight excluding hydrogens is 452 g/mol. The molecule has 3 aromatic carbocycles. The van der Waals surface area contributed by atoms with E-state index in [0.717, 1.165) is 5.56 Å². The Bertz CT molecular complexity index is 1250. The zero-order valence-electron chi connectivity index (χ0n) is 20.2. The quantitative estimate of drug-likeness (QED) is 0.296. The van der Waals surface area contributed by atoms with Crippen molar-refractivity contribution in [2.75, 3.05) is 0 Å². The molecule has 6 nitrogen and oxygen atoms in total. The summed E-state index contributed by atoms with van der Waals surface area (Å²) in [5, 5.41) is 10.5. The van der Waals surface area contributed by atoms with Gasteiger partial charge in [-0.25, -0.2) is 14.8 Å². The lowest BCUT2D eigenvalue weighted by Gasteiger charge is -2.38. The molecule has 1 unspecified atom stereocenters. The van der Waals surface area contributed by atoms with E-state index in [0.29, 0.717) is 28.9 Å². The maximum atomic E-state index is 12.8. The van der Waals surface area contributed by atoms with Crippen LogP contribution in [0.3, 0.4) is 0 Å². The van der Waals surface area contributed by atoms with E-state index in [2.05, 4.69) is 9.97 Å². The summed E-state index contributed by atoms with van der Waals surface area (Å²) >= 11 is 0. The average molecular weight is 481 g/mol. The molecular formula is C30H28N2O4. The lowest BCUT2D eigenvalue weighted by Crippen LogP contribution is -2.50. The fourth-order valence-electron chi connectivity index (χ4n) is 4.15. The first-order valence-corrected chi connectivity index (χ1v) is 11.7. The first kappa shape index (κ1) is 24.7. The van der Waals surface area contributed by atoms with E-state index < -0.39 is 17.7 Å². The van der Waals surface area contributed by atoms with E-state index in [-0.39, 0.29) is 6.01 Å². The second-order valence-corrected chi connectivity index (χ2v) is 8.42. The fourth-order valence-corrected chi connectivity index (χ4v) is 4.15. The highest BCUT2D eigenvalue weighted by molar-refractivity contribution is 5.76. The SMILES string of the molecule is Cc1cc(C)nc(OC(C(=O)O)C(OC=CCc2ccccc2)(c2ccccc2)c2ccccc2)n1. The summed E-state index contributed by atoms with van der Waals surface area (Å²) in [5.41, 5.74) is 2.18. The van der Waals surface area contributed by atoms with Crippen molar-refractivity contribution in [2.45, 2.75) is 32.0 Å². The summed E-state index contributed by atoms with van der Waals surface area (Å²) < 4.78 is 12.5. The lowest BCUT2D eigenvalue weighted by atomic mass is 9.81. The van der Waals surface area contributed by atoms with Gasteiger partial charge < -0.3 is 14.6 Å². The van der Waals surface area contributed by atoms with Crippen LogP contribution in [0.25, 0.3) is 0 Å². The predicted molar refractivity (Wildman–Crippen MR) is 138 cm³/mol. The highest BCUT2D eigenvalue weighted by atomic mass is 16.6. The standard InChI is InChI=1S/C30H28N2O4/c1-22-21-23(2)32-29(31-22)36-27(28(33)34)30(25-16-8-4-9-17-25,26-18-10-5-11-19-26)35-20-12-15-24-13-6-3-7-14-24/h3-14,16-21,27H,15H2,1-2H3,(H,33,34). The Morgan fingerprint density at radius 2 is 1.36 bits per heavy atom. The van der Waals surface area contributed by atoms with Gasteiger partial charge in [0.05, 0.1) is 6.26 Å². The molecule has 0 fully saturated rings. The molecule has 36 heavy (non-hydrogen) atoms. The molecule has 6 heteroatoms. The lowest BCUT2D eigenvalue weighted by molar-refractivity contribution is -0.158. The molecule has 0 amide bonds. The van der Waals surface area contributed by atoms with E-state index in [4.69, 9.17) is 9.47 Å². The van der Waals surface area contributed by atoms with Crippen LogP contribution in [0.4, 0.5) is 0 Å². The number of allylic oxidation sites excluding steroid dienone is 1. The maximum absolute atomic E-state index is 12.8. The van der Waals surface area contributed by atoms with Crippen molar-refractivity contribution in [3.05, 3.63) is 137 Å². The number of ether oxygens (including phenoxy) is 2. The van der Waals surface area contributed by atoms with Crippen LogP contribution in [0.1, 0.15) is 28.1 Å². The van der Waals surface area contributed by atoms with Crippen LogP contribution in [0.5, 0.6) is 6.01 Å². The van der Waals surface area contributed by atoms with E-state index in [1.165, 1.54) is 0 Å². The normalized spacial score (nSPS) is 12.3. The van der Waals surface area contributed by atoms with Crippen LogP contribution in [0.2, 0.25) is 0 Å². The number of carboxylic acid groups (broad SMARTS) is 1. The number of benzene rings is 3. The van der Waals surface area contributed by atoms with Crippen molar-refractivity contribution in [3.8, 4) is 6.01 Å². The first-order chi connectivity index (χ1) is 17.5. The van der Waals surface area contributed by atoms with Gasteiger partial charge in [0.2, 0.25) is 11.7 Å². The number of aryl methyl sites for hydroxylation is 2. The summed E-state index contributed by atoms with van der Waals surface area (Å²) in [6.45, 7) is 3.61. The third-order valence-electron chi connectivity index (χ3n) is 5.73. The molecule has 0 aliphatic carbocycles. The highest BCUT2D eigenvalue weighted by Crippen LogP contribution is 2.39. The maximum Gasteiger partial charge on any atom is 0.350 e. The van der Waals surface area contributed by atoms with Crippen molar-refractivity contribution < 1.29 is 19.4 Å². The van der Waals surface area contributed by atoms with Crippen LogP contribution in [0.15, 0.2) is 109 Å². The predicted octanol–water partition coefficient (Wildman–Crippen LogP) is 5.64. The summed E-state index contributed by atoms with van der Waals surface area (Å²) in [4.78, 5) is 21.5. The van der Waals surface area contributed by atoms with Crippen LogP contribution in [-0.2, 0) is 21.6 Å². The molecule has 182 valence electrons. The zero-order valence-corrected chi connectivity index (χ0v) is 20.2. The van der Waals surface area contributed by atoms with Gasteiger partial charge in [-0.15, -0.1) is 0 Å². The van der Waals surface area contributed by atoms with Gasteiger partial charge in [-0.1, -0.05) is 91.0 Å². The minimum Gasteiger partial charge on any atom is -0.481 e. The number of carbonyl (C=O) groups is 1. The Labute approximate surface area is 210 Å². The largest absolute Gasteiger partial charge is 0.481 e. The van der Waals surface area contributed by atoms with Crippen LogP contribution in [-0.4, -0.2) is 27.1 Å². The second-order valence-electron chi connectivity index (χ2n) is 8.42. The molecule has 1 heterocycles. The molecule has 0 aliphatic heterocycles. The summed E-state index contributed by atoms with van der Waals surface area (Å²) in [6, 6.07) is 30.2. The van der Waals surface area contributed by atoms with E-state index >= 15 is 0 Å². The molecule has 0 spiro atoms. The number of nitrogens with zero attached hydrogens (tertiary/aromatic N) is 2. The number of aromatic nitrogens is 2. The van der Waals surface area contributed by atoms with Crippen molar-refractivity contribution in [3.63, 3.8) is 0 Å². The van der Waals surface area contributed by atoms with Gasteiger partial charge in [0.15, 0.2) is 0 Å². The molecule has 4 rings (SSSR count). The van der Waals surface area contributed by atoms with Crippen LogP contribution < -0.4 is 4.74 Å². The number of rotatable bonds is 10. The molecule has 1 atom stereocenters. The molecule has 0 bridgehead atoms. The molecule has 1 aromatic heterocycles. The molecule has 0 radical (unpaired) electrons. The molecule has 0 aliphatic rings.